The Labute approximate surface area is 183 Å². The highest BCUT2D eigenvalue weighted by Crippen LogP contribution is 2.63. The molecule has 1 N–H and O–H groups in total. The summed E-state index contributed by atoms with van der Waals surface area (Å²) in [6.45, 7) is 2.12. The smallest absolute Gasteiger partial charge is 0.313 e. The Hall–Kier alpha value is -2.33. The molecule has 5 heteroatoms. The molecule has 6 atom stereocenters. The van der Waals surface area contributed by atoms with Crippen molar-refractivity contribution in [2.45, 2.75) is 38.1 Å². The van der Waals surface area contributed by atoms with E-state index in [1.165, 1.54) is 7.11 Å². The summed E-state index contributed by atoms with van der Waals surface area (Å²) in [4.78, 5) is 25.2. The first kappa shape index (κ1) is 20.9. The summed E-state index contributed by atoms with van der Waals surface area (Å²) in [6.07, 6.45) is 2.93. The number of amides is 1. The number of methoxy groups -OCH3 is 1. The van der Waals surface area contributed by atoms with E-state index in [2.05, 4.69) is 12.2 Å². The molecular formula is C25H28ClNO3. The van der Waals surface area contributed by atoms with Crippen LogP contribution in [-0.4, -0.2) is 25.0 Å². The quantitative estimate of drug-likeness (QED) is 0.629. The molecule has 0 radical (unpaired) electrons. The summed E-state index contributed by atoms with van der Waals surface area (Å²) in [5, 5.41) is 3.85. The summed E-state index contributed by atoms with van der Waals surface area (Å²) >= 11 is 5.93. The van der Waals surface area contributed by atoms with E-state index < -0.39 is 0 Å². The minimum absolute atomic E-state index is 0.0447. The van der Waals surface area contributed by atoms with Crippen LogP contribution in [0.2, 0.25) is 5.02 Å². The molecule has 0 aromatic heterocycles. The topological polar surface area (TPSA) is 55.4 Å². The molecule has 4 rings (SSSR count). The van der Waals surface area contributed by atoms with Gasteiger partial charge in [-0.2, -0.15) is 0 Å². The summed E-state index contributed by atoms with van der Waals surface area (Å²) in [5.41, 5.74) is 1.67. The van der Waals surface area contributed by atoms with E-state index in [1.54, 1.807) is 24.3 Å². The molecule has 2 aliphatic carbocycles. The lowest BCUT2D eigenvalue weighted by molar-refractivity contribution is -0.144. The van der Waals surface area contributed by atoms with Crippen molar-refractivity contribution >= 4 is 23.5 Å². The minimum Gasteiger partial charge on any atom is -0.469 e. The molecule has 2 fully saturated rings. The Morgan fingerprint density at radius 2 is 1.70 bits per heavy atom. The van der Waals surface area contributed by atoms with Gasteiger partial charge in [-0.05, 0) is 72.8 Å². The molecule has 158 valence electrons. The first-order valence-corrected chi connectivity index (χ1v) is 11.1. The third kappa shape index (κ3) is 4.11. The number of rotatable bonds is 7. The molecule has 4 nitrogen and oxygen atoms in total. The normalized spacial score (nSPS) is 26.4. The van der Waals surface area contributed by atoms with E-state index in [-0.39, 0.29) is 23.8 Å². The highest BCUT2D eigenvalue weighted by molar-refractivity contribution is 6.30. The van der Waals surface area contributed by atoms with Crippen molar-refractivity contribution in [1.29, 1.82) is 0 Å². The summed E-state index contributed by atoms with van der Waals surface area (Å²) in [5.74, 6) is 1.55. The fourth-order valence-electron chi connectivity index (χ4n) is 5.51. The van der Waals surface area contributed by atoms with Crippen molar-refractivity contribution < 1.29 is 14.3 Å². The first-order chi connectivity index (χ1) is 14.5. The van der Waals surface area contributed by atoms with E-state index in [0.29, 0.717) is 34.3 Å². The number of halogens is 1. The van der Waals surface area contributed by atoms with Crippen LogP contribution in [0, 0.1) is 23.7 Å². The van der Waals surface area contributed by atoms with E-state index in [1.807, 2.05) is 30.3 Å². The van der Waals surface area contributed by atoms with Gasteiger partial charge in [-0.25, -0.2) is 0 Å². The maximum atomic E-state index is 12.6. The second-order valence-corrected chi connectivity index (χ2v) is 8.98. The number of benzene rings is 2. The molecule has 1 amide bonds. The van der Waals surface area contributed by atoms with Crippen molar-refractivity contribution in [2.75, 3.05) is 7.11 Å². The third-order valence-corrected chi connectivity index (χ3v) is 7.21. The van der Waals surface area contributed by atoms with Crippen LogP contribution in [0.5, 0.6) is 0 Å². The number of carbonyl (C=O) groups is 2. The summed E-state index contributed by atoms with van der Waals surface area (Å²) in [7, 11) is 1.47. The number of ether oxygens (including phenoxy) is 1. The standard InChI is InChI=1S/C25H28ClNO3/c1-3-21(27-24(28)16-9-11-18(26)12-10-16)23-19-13-17(14-20(19)23)22(25(29)30-2)15-7-5-4-6-8-15/h4-12,17,19-23H,3,13-14H2,1-2H3,(H,27,28)/t17-,19-,20+,21-,22+,23+/m0/s1. The van der Waals surface area contributed by atoms with Crippen LogP contribution in [-0.2, 0) is 9.53 Å². The molecular weight excluding hydrogens is 398 g/mol. The number of fused-ring (bicyclic) bond motifs is 1. The Morgan fingerprint density at radius 3 is 2.27 bits per heavy atom. The van der Waals surface area contributed by atoms with Gasteiger partial charge in [-0.1, -0.05) is 48.9 Å². The van der Waals surface area contributed by atoms with E-state index >= 15 is 0 Å². The zero-order valence-corrected chi connectivity index (χ0v) is 18.1. The van der Waals surface area contributed by atoms with E-state index in [0.717, 1.165) is 24.8 Å². The lowest BCUT2D eigenvalue weighted by Crippen LogP contribution is -2.37. The van der Waals surface area contributed by atoms with Gasteiger partial charge in [0.1, 0.15) is 0 Å². The third-order valence-electron chi connectivity index (χ3n) is 6.96. The number of carbonyl (C=O) groups excluding carboxylic acids is 2. The van der Waals surface area contributed by atoms with Gasteiger partial charge >= 0.3 is 5.97 Å². The summed E-state index contributed by atoms with van der Waals surface area (Å²) in [6, 6.07) is 17.1. The van der Waals surface area contributed by atoms with Crippen LogP contribution in [0.25, 0.3) is 0 Å². The fourth-order valence-corrected chi connectivity index (χ4v) is 5.64. The van der Waals surface area contributed by atoms with Gasteiger partial charge in [-0.15, -0.1) is 0 Å². The molecule has 30 heavy (non-hydrogen) atoms. The SMILES string of the molecule is CC[C@H](NC(=O)c1ccc(Cl)cc1)[C@H]1[C@@H]2C[C@@H]([C@H](C(=O)OC)c3ccccc3)C[C@@H]21. The Morgan fingerprint density at radius 1 is 1.07 bits per heavy atom. The van der Waals surface area contributed by atoms with Crippen molar-refractivity contribution in [1.82, 2.24) is 5.32 Å². The second-order valence-electron chi connectivity index (χ2n) is 8.54. The van der Waals surface area contributed by atoms with Gasteiger partial charge in [0.05, 0.1) is 13.0 Å². The van der Waals surface area contributed by atoms with Gasteiger partial charge in [-0.3, -0.25) is 9.59 Å². The molecule has 2 saturated carbocycles. The zero-order chi connectivity index (χ0) is 21.3. The minimum atomic E-state index is -0.201. The average molecular weight is 426 g/mol. The first-order valence-electron chi connectivity index (χ1n) is 10.7. The molecule has 2 aliphatic rings. The lowest BCUT2D eigenvalue weighted by atomic mass is 9.81. The molecule has 0 heterocycles. The van der Waals surface area contributed by atoms with Crippen molar-refractivity contribution in [2.24, 2.45) is 23.7 Å². The van der Waals surface area contributed by atoms with Gasteiger partial charge in [0, 0.05) is 16.6 Å². The van der Waals surface area contributed by atoms with E-state index in [9.17, 15) is 9.59 Å². The molecule has 2 aromatic carbocycles. The van der Waals surface area contributed by atoms with Crippen LogP contribution < -0.4 is 5.32 Å². The molecule has 0 spiro atoms. The van der Waals surface area contributed by atoms with Gasteiger partial charge in [0.25, 0.3) is 5.91 Å². The molecule has 2 aromatic rings. The van der Waals surface area contributed by atoms with Crippen LogP contribution in [0.15, 0.2) is 54.6 Å². The Bertz CT molecular complexity index is 886. The molecule has 0 bridgehead atoms. The predicted octanol–water partition coefficient (Wildman–Crippen LogP) is 5.08. The van der Waals surface area contributed by atoms with E-state index in [4.69, 9.17) is 16.3 Å². The number of hydrogen-bond donors (Lipinski definition) is 1. The van der Waals surface area contributed by atoms with Gasteiger partial charge < -0.3 is 10.1 Å². The Kier molecular flexibility index (Phi) is 6.14. The molecule has 0 aliphatic heterocycles. The zero-order valence-electron chi connectivity index (χ0n) is 17.4. The maximum Gasteiger partial charge on any atom is 0.313 e. The Balaban J connectivity index is 1.40. The fraction of sp³-hybridized carbons (Fsp3) is 0.440. The predicted molar refractivity (Wildman–Crippen MR) is 117 cm³/mol. The van der Waals surface area contributed by atoms with Crippen molar-refractivity contribution in [3.8, 4) is 0 Å². The maximum absolute atomic E-state index is 12.6. The number of hydrogen-bond acceptors (Lipinski definition) is 3. The van der Waals surface area contributed by atoms with Crippen molar-refractivity contribution in [3.05, 3.63) is 70.7 Å². The highest BCUT2D eigenvalue weighted by Gasteiger charge is 2.60. The lowest BCUT2D eigenvalue weighted by Gasteiger charge is -2.26. The average Bonchev–Trinajstić information content (AvgIpc) is 3.25. The number of nitrogens with one attached hydrogen (secondary N) is 1. The number of esters is 1. The van der Waals surface area contributed by atoms with Crippen LogP contribution >= 0.6 is 11.6 Å². The largest absolute Gasteiger partial charge is 0.469 e. The monoisotopic (exact) mass is 425 g/mol. The van der Waals surface area contributed by atoms with Crippen LogP contribution in [0.1, 0.15) is 48.0 Å². The summed E-state index contributed by atoms with van der Waals surface area (Å²) < 4.78 is 5.13. The molecule has 0 unspecified atom stereocenters. The van der Waals surface area contributed by atoms with Gasteiger partial charge in [0.15, 0.2) is 0 Å². The molecule has 0 saturated heterocycles. The van der Waals surface area contributed by atoms with Gasteiger partial charge in [0.2, 0.25) is 0 Å². The van der Waals surface area contributed by atoms with Crippen molar-refractivity contribution in [3.63, 3.8) is 0 Å². The second kappa shape index (κ2) is 8.81. The highest BCUT2D eigenvalue weighted by atomic mass is 35.5. The van der Waals surface area contributed by atoms with Crippen LogP contribution in [0.4, 0.5) is 0 Å². The van der Waals surface area contributed by atoms with Crippen LogP contribution in [0.3, 0.4) is 0 Å².